The average Bonchev–Trinajstić information content (AvgIpc) is 2.77. The number of halogens is 1. The van der Waals surface area contributed by atoms with Gasteiger partial charge in [-0.15, -0.1) is 0 Å². The topological polar surface area (TPSA) is 81.1 Å². The number of hydrogen-bond donors (Lipinski definition) is 1. The van der Waals surface area contributed by atoms with Crippen molar-refractivity contribution in [2.45, 2.75) is 6.54 Å². The van der Waals surface area contributed by atoms with Gasteiger partial charge in [-0.25, -0.2) is 4.79 Å². The van der Waals surface area contributed by atoms with Crippen LogP contribution in [0, 0.1) is 0 Å². The molecule has 0 atom stereocenters. The molecule has 0 saturated heterocycles. The van der Waals surface area contributed by atoms with Crippen LogP contribution in [0.15, 0.2) is 27.8 Å². The Balaban J connectivity index is 2.25. The van der Waals surface area contributed by atoms with Crippen LogP contribution in [0.2, 0.25) is 0 Å². The van der Waals surface area contributed by atoms with Gasteiger partial charge in [0.1, 0.15) is 0 Å². The molecule has 6 nitrogen and oxygen atoms in total. The molecule has 0 aromatic carbocycles. The average molecular weight is 272 g/mol. The Morgan fingerprint density at radius 3 is 3.00 bits per heavy atom. The SMILES string of the molecule is O=C(O)c1cc(Br)n(Cc2ncon2)c1. The number of rotatable bonds is 3. The molecule has 2 rings (SSSR count). The van der Waals surface area contributed by atoms with Gasteiger partial charge in [-0.1, -0.05) is 5.16 Å². The zero-order valence-corrected chi connectivity index (χ0v) is 9.01. The van der Waals surface area contributed by atoms with Crippen LogP contribution < -0.4 is 0 Å². The number of carboxylic acid groups (broad SMARTS) is 1. The lowest BCUT2D eigenvalue weighted by molar-refractivity contribution is 0.0697. The third kappa shape index (κ3) is 2.07. The van der Waals surface area contributed by atoms with Crippen molar-refractivity contribution in [3.63, 3.8) is 0 Å². The fourth-order valence-corrected chi connectivity index (χ4v) is 1.61. The van der Waals surface area contributed by atoms with Crippen LogP contribution in [0.1, 0.15) is 16.2 Å². The van der Waals surface area contributed by atoms with Crippen molar-refractivity contribution in [1.82, 2.24) is 14.7 Å². The third-order valence-electron chi connectivity index (χ3n) is 1.81. The van der Waals surface area contributed by atoms with Crippen LogP contribution in [0.4, 0.5) is 0 Å². The molecule has 78 valence electrons. The van der Waals surface area contributed by atoms with E-state index >= 15 is 0 Å². The molecule has 0 radical (unpaired) electrons. The highest BCUT2D eigenvalue weighted by molar-refractivity contribution is 9.10. The highest BCUT2D eigenvalue weighted by Crippen LogP contribution is 2.16. The summed E-state index contributed by atoms with van der Waals surface area (Å²) in [4.78, 5) is 14.5. The molecule has 0 amide bonds. The Morgan fingerprint density at radius 1 is 1.67 bits per heavy atom. The molecule has 0 saturated carbocycles. The Morgan fingerprint density at radius 2 is 2.47 bits per heavy atom. The molecule has 1 N–H and O–H groups in total. The number of hydrogen-bond acceptors (Lipinski definition) is 4. The van der Waals surface area contributed by atoms with E-state index in [-0.39, 0.29) is 5.56 Å². The summed E-state index contributed by atoms with van der Waals surface area (Å²) in [6, 6.07) is 1.52. The smallest absolute Gasteiger partial charge is 0.337 e. The van der Waals surface area contributed by atoms with Crippen LogP contribution in [0.3, 0.4) is 0 Å². The Kier molecular flexibility index (Phi) is 2.55. The van der Waals surface area contributed by atoms with Gasteiger partial charge in [0, 0.05) is 6.20 Å². The van der Waals surface area contributed by atoms with E-state index in [1.165, 1.54) is 18.7 Å². The predicted molar refractivity (Wildman–Crippen MR) is 52.5 cm³/mol. The fraction of sp³-hybridized carbons (Fsp3) is 0.125. The molecule has 0 fully saturated rings. The monoisotopic (exact) mass is 271 g/mol. The molecular weight excluding hydrogens is 266 g/mol. The van der Waals surface area contributed by atoms with E-state index in [0.717, 1.165) is 0 Å². The molecule has 15 heavy (non-hydrogen) atoms. The summed E-state index contributed by atoms with van der Waals surface area (Å²) in [7, 11) is 0. The van der Waals surface area contributed by atoms with E-state index in [0.29, 0.717) is 17.0 Å². The largest absolute Gasteiger partial charge is 0.478 e. The Hall–Kier alpha value is -1.63. The number of carbonyl (C=O) groups is 1. The van der Waals surface area contributed by atoms with Crippen molar-refractivity contribution in [2.75, 3.05) is 0 Å². The maximum absolute atomic E-state index is 10.7. The van der Waals surface area contributed by atoms with Crippen molar-refractivity contribution in [2.24, 2.45) is 0 Å². The van der Waals surface area contributed by atoms with Crippen LogP contribution >= 0.6 is 15.9 Å². The predicted octanol–water partition coefficient (Wildman–Crippen LogP) is 1.38. The van der Waals surface area contributed by atoms with Gasteiger partial charge >= 0.3 is 5.97 Å². The summed E-state index contributed by atoms with van der Waals surface area (Å²) in [5.41, 5.74) is 0.213. The van der Waals surface area contributed by atoms with Gasteiger partial charge in [-0.3, -0.25) is 0 Å². The highest BCUT2D eigenvalue weighted by atomic mass is 79.9. The van der Waals surface area contributed by atoms with Gasteiger partial charge < -0.3 is 14.2 Å². The zero-order chi connectivity index (χ0) is 10.8. The van der Waals surface area contributed by atoms with Gasteiger partial charge in [-0.05, 0) is 22.0 Å². The lowest BCUT2D eigenvalue weighted by Gasteiger charge is -1.98. The van der Waals surface area contributed by atoms with Crippen LogP contribution in [-0.2, 0) is 6.54 Å². The maximum Gasteiger partial charge on any atom is 0.337 e. The third-order valence-corrected chi connectivity index (χ3v) is 2.49. The van der Waals surface area contributed by atoms with Gasteiger partial charge in [0.15, 0.2) is 5.82 Å². The molecule has 2 aromatic heterocycles. The van der Waals surface area contributed by atoms with Crippen molar-refractivity contribution in [1.29, 1.82) is 0 Å². The molecule has 0 bridgehead atoms. The van der Waals surface area contributed by atoms with Crippen molar-refractivity contribution in [3.8, 4) is 0 Å². The number of aromatic nitrogens is 3. The summed E-state index contributed by atoms with van der Waals surface area (Å²) in [5.74, 6) is -0.481. The number of aromatic carboxylic acids is 1. The van der Waals surface area contributed by atoms with Crippen molar-refractivity contribution < 1.29 is 14.4 Å². The van der Waals surface area contributed by atoms with Crippen molar-refractivity contribution >= 4 is 21.9 Å². The first kappa shape index (κ1) is 9.91. The van der Waals surface area contributed by atoms with E-state index in [4.69, 9.17) is 5.11 Å². The second kappa shape index (κ2) is 3.85. The summed E-state index contributed by atoms with van der Waals surface area (Å²) in [5, 5.41) is 12.4. The second-order valence-corrected chi connectivity index (χ2v) is 3.64. The first-order chi connectivity index (χ1) is 7.16. The minimum Gasteiger partial charge on any atom is -0.478 e. The maximum atomic E-state index is 10.7. The molecule has 2 heterocycles. The second-order valence-electron chi connectivity index (χ2n) is 2.83. The quantitative estimate of drug-likeness (QED) is 0.912. The van der Waals surface area contributed by atoms with Gasteiger partial charge in [-0.2, -0.15) is 4.98 Å². The minimum atomic E-state index is -0.970. The normalized spacial score (nSPS) is 10.5. The molecular formula is C8H6BrN3O3. The number of carboxylic acids is 1. The van der Waals surface area contributed by atoms with E-state index in [9.17, 15) is 4.79 Å². The Labute approximate surface area is 92.6 Å². The first-order valence-electron chi connectivity index (χ1n) is 4.01. The summed E-state index contributed by atoms with van der Waals surface area (Å²) in [6.07, 6.45) is 2.73. The lowest BCUT2D eigenvalue weighted by atomic mass is 10.4. The molecule has 7 heteroatoms. The summed E-state index contributed by atoms with van der Waals surface area (Å²) >= 11 is 3.24. The highest BCUT2D eigenvalue weighted by Gasteiger charge is 2.10. The van der Waals surface area contributed by atoms with Crippen LogP contribution in [-0.4, -0.2) is 25.8 Å². The lowest BCUT2D eigenvalue weighted by Crippen LogP contribution is -2.00. The van der Waals surface area contributed by atoms with Gasteiger partial charge in [0.2, 0.25) is 6.39 Å². The molecule has 0 spiro atoms. The van der Waals surface area contributed by atoms with Crippen LogP contribution in [0.25, 0.3) is 0 Å². The zero-order valence-electron chi connectivity index (χ0n) is 7.42. The molecule has 0 aliphatic heterocycles. The van der Waals surface area contributed by atoms with E-state index < -0.39 is 5.97 Å². The van der Waals surface area contributed by atoms with E-state index in [1.54, 1.807) is 4.57 Å². The minimum absolute atomic E-state index is 0.213. The van der Waals surface area contributed by atoms with Crippen molar-refractivity contribution in [3.05, 3.63) is 34.6 Å². The summed E-state index contributed by atoms with van der Waals surface area (Å²) in [6.45, 7) is 0.365. The van der Waals surface area contributed by atoms with Crippen LogP contribution in [0.5, 0.6) is 0 Å². The van der Waals surface area contributed by atoms with E-state index in [1.807, 2.05) is 0 Å². The van der Waals surface area contributed by atoms with E-state index in [2.05, 4.69) is 30.6 Å². The number of nitrogens with zero attached hydrogens (tertiary/aromatic N) is 3. The fourth-order valence-electron chi connectivity index (χ4n) is 1.13. The first-order valence-corrected chi connectivity index (χ1v) is 4.80. The Bertz CT molecular complexity index is 477. The standard InChI is InChI=1S/C8H6BrN3O3/c9-6-1-5(8(13)14)2-12(6)3-7-10-4-15-11-7/h1-2,4H,3H2,(H,13,14). The van der Waals surface area contributed by atoms with Gasteiger partial charge in [0.25, 0.3) is 0 Å². The van der Waals surface area contributed by atoms with Gasteiger partial charge in [0.05, 0.1) is 16.7 Å². The molecule has 0 aliphatic carbocycles. The summed E-state index contributed by atoms with van der Waals surface area (Å²) < 4.78 is 6.91. The molecule has 0 aliphatic rings. The molecule has 2 aromatic rings. The molecule has 0 unspecified atom stereocenters.